The highest BCUT2D eigenvalue weighted by Gasteiger charge is 2.46. The Morgan fingerprint density at radius 1 is 1.25 bits per heavy atom. The van der Waals surface area contributed by atoms with Crippen LogP contribution in [0.4, 0.5) is 0 Å². The Labute approximate surface area is 147 Å². The Bertz CT molecular complexity index is 597. The van der Waals surface area contributed by atoms with Gasteiger partial charge < -0.3 is 10.1 Å². The maximum Gasteiger partial charge on any atom is 0.310 e. The van der Waals surface area contributed by atoms with Gasteiger partial charge in [0, 0.05) is 30.0 Å². The van der Waals surface area contributed by atoms with E-state index in [1.54, 1.807) is 0 Å². The van der Waals surface area contributed by atoms with Crippen LogP contribution in [0.5, 0.6) is 0 Å². The van der Waals surface area contributed by atoms with Gasteiger partial charge in [0.25, 0.3) is 0 Å². The maximum absolute atomic E-state index is 12.3. The van der Waals surface area contributed by atoms with Crippen molar-refractivity contribution in [2.24, 2.45) is 5.92 Å². The second kappa shape index (κ2) is 8.89. The van der Waals surface area contributed by atoms with E-state index >= 15 is 0 Å². The number of nitrogens with one attached hydrogen (secondary N) is 1. The summed E-state index contributed by atoms with van der Waals surface area (Å²) in [6.45, 7) is 2.05. The van der Waals surface area contributed by atoms with E-state index in [-0.39, 0.29) is 38.7 Å². The molecule has 1 aromatic rings. The summed E-state index contributed by atoms with van der Waals surface area (Å²) in [5.74, 6) is 6.33. The van der Waals surface area contributed by atoms with Crippen molar-refractivity contribution >= 4 is 5.97 Å². The number of benzene rings is 1. The molecule has 132 valence electrons. The first kappa shape index (κ1) is 20.3. The van der Waals surface area contributed by atoms with E-state index in [2.05, 4.69) is 41.4 Å². The topological polar surface area (TPSA) is 38.3 Å². The SMILES string of the molecule is C.C.CCC#Cc1ccc(C2CC3CCC(N3)C2C(=O)OC)cc1. The monoisotopic (exact) mass is 329 g/mol. The molecule has 3 rings (SSSR count). The van der Waals surface area contributed by atoms with Crippen LogP contribution in [0, 0.1) is 17.8 Å². The molecule has 0 radical (unpaired) electrons. The first-order valence-electron chi connectivity index (χ1n) is 8.15. The molecule has 1 aromatic carbocycles. The number of rotatable bonds is 2. The van der Waals surface area contributed by atoms with E-state index in [0.717, 1.165) is 31.2 Å². The summed E-state index contributed by atoms with van der Waals surface area (Å²) in [5.41, 5.74) is 2.27. The molecule has 1 N–H and O–H groups in total. The molecular weight excluding hydrogens is 298 g/mol. The van der Waals surface area contributed by atoms with Crippen LogP contribution in [-0.2, 0) is 9.53 Å². The van der Waals surface area contributed by atoms with Crippen molar-refractivity contribution < 1.29 is 9.53 Å². The molecule has 3 heteroatoms. The van der Waals surface area contributed by atoms with Crippen LogP contribution in [0.15, 0.2) is 24.3 Å². The third-order valence-electron chi connectivity index (χ3n) is 4.90. The highest BCUT2D eigenvalue weighted by molar-refractivity contribution is 5.75. The van der Waals surface area contributed by atoms with Gasteiger partial charge in [-0.05, 0) is 37.0 Å². The Morgan fingerprint density at radius 3 is 2.58 bits per heavy atom. The quantitative estimate of drug-likeness (QED) is 0.655. The lowest BCUT2D eigenvalue weighted by molar-refractivity contribution is -0.148. The molecule has 0 aromatic heterocycles. The zero-order valence-electron chi connectivity index (χ0n) is 13.3. The molecular formula is C21H31NO2. The second-order valence-electron chi connectivity index (χ2n) is 6.22. The summed E-state index contributed by atoms with van der Waals surface area (Å²) in [6.07, 6.45) is 4.11. The average Bonchev–Trinajstić information content (AvgIpc) is 2.94. The zero-order valence-corrected chi connectivity index (χ0v) is 13.3. The number of hydrogen-bond donors (Lipinski definition) is 1. The van der Waals surface area contributed by atoms with Gasteiger partial charge in [-0.3, -0.25) is 4.79 Å². The Morgan fingerprint density at radius 2 is 1.96 bits per heavy atom. The minimum absolute atomic E-state index is 0. The van der Waals surface area contributed by atoms with Crippen molar-refractivity contribution in [1.82, 2.24) is 5.32 Å². The van der Waals surface area contributed by atoms with Gasteiger partial charge in [-0.2, -0.15) is 0 Å². The first-order valence-corrected chi connectivity index (χ1v) is 8.15. The van der Waals surface area contributed by atoms with E-state index in [0.29, 0.717) is 6.04 Å². The summed E-state index contributed by atoms with van der Waals surface area (Å²) in [7, 11) is 1.49. The fourth-order valence-electron chi connectivity index (χ4n) is 3.86. The second-order valence-corrected chi connectivity index (χ2v) is 6.22. The van der Waals surface area contributed by atoms with Crippen LogP contribution in [-0.4, -0.2) is 25.2 Å². The summed E-state index contributed by atoms with van der Waals surface area (Å²) < 4.78 is 5.07. The number of carbonyl (C=O) groups excluding carboxylic acids is 1. The number of fused-ring (bicyclic) bond motifs is 2. The van der Waals surface area contributed by atoms with Gasteiger partial charge in [-0.1, -0.05) is 45.8 Å². The zero-order chi connectivity index (χ0) is 15.5. The van der Waals surface area contributed by atoms with Crippen LogP contribution in [0.3, 0.4) is 0 Å². The molecule has 24 heavy (non-hydrogen) atoms. The van der Waals surface area contributed by atoms with Crippen LogP contribution >= 0.6 is 0 Å². The van der Waals surface area contributed by atoms with Crippen molar-refractivity contribution in [3.8, 4) is 11.8 Å². The molecule has 2 heterocycles. The molecule has 2 saturated heterocycles. The van der Waals surface area contributed by atoms with Crippen molar-refractivity contribution in [3.05, 3.63) is 35.4 Å². The molecule has 0 aliphatic carbocycles. The third kappa shape index (κ3) is 3.99. The van der Waals surface area contributed by atoms with Gasteiger partial charge in [-0.15, -0.1) is 0 Å². The van der Waals surface area contributed by atoms with Crippen LogP contribution in [0.25, 0.3) is 0 Å². The van der Waals surface area contributed by atoms with Crippen LogP contribution < -0.4 is 5.32 Å². The largest absolute Gasteiger partial charge is 0.469 e. The lowest BCUT2D eigenvalue weighted by atomic mass is 9.77. The highest BCUT2D eigenvalue weighted by Crippen LogP contribution is 2.42. The standard InChI is InChI=1S/C19H23NO2.2CH4/c1-3-4-5-13-6-8-14(9-7-13)16-12-15-10-11-17(20-15)18(16)19(21)22-2;;/h6-9,15-18,20H,3,10-12H2,1-2H3;2*1H4. The normalized spacial score (nSPS) is 27.1. The number of ether oxygens (including phenoxy) is 1. The minimum atomic E-state index is -0.0855. The molecule has 0 amide bonds. The Hall–Kier alpha value is -1.79. The average molecular weight is 329 g/mol. The molecule has 2 aliphatic rings. The maximum atomic E-state index is 12.3. The first-order chi connectivity index (χ1) is 10.7. The third-order valence-corrected chi connectivity index (χ3v) is 4.90. The molecule has 0 saturated carbocycles. The van der Waals surface area contributed by atoms with Crippen LogP contribution in [0.1, 0.15) is 64.5 Å². The summed E-state index contributed by atoms with van der Waals surface area (Å²) >= 11 is 0. The number of methoxy groups -OCH3 is 1. The predicted molar refractivity (Wildman–Crippen MR) is 99.9 cm³/mol. The van der Waals surface area contributed by atoms with Crippen molar-refractivity contribution in [2.75, 3.05) is 7.11 Å². The van der Waals surface area contributed by atoms with E-state index in [4.69, 9.17) is 4.74 Å². The van der Waals surface area contributed by atoms with E-state index in [1.807, 2.05) is 6.92 Å². The van der Waals surface area contributed by atoms with Gasteiger partial charge in [0.15, 0.2) is 0 Å². The lowest BCUT2D eigenvalue weighted by Crippen LogP contribution is -2.48. The molecule has 4 atom stereocenters. The van der Waals surface area contributed by atoms with Gasteiger partial charge in [0.1, 0.15) is 0 Å². The molecule has 4 unspecified atom stereocenters. The smallest absolute Gasteiger partial charge is 0.310 e. The number of carbonyl (C=O) groups is 1. The predicted octanol–water partition coefficient (Wildman–Crippen LogP) is 4.12. The fraction of sp³-hybridized carbons (Fsp3) is 0.571. The van der Waals surface area contributed by atoms with Crippen molar-refractivity contribution in [3.63, 3.8) is 0 Å². The number of piperidine rings is 1. The van der Waals surface area contributed by atoms with Gasteiger partial charge in [0.05, 0.1) is 13.0 Å². The molecule has 0 spiro atoms. The van der Waals surface area contributed by atoms with E-state index in [1.165, 1.54) is 12.7 Å². The molecule has 3 nitrogen and oxygen atoms in total. The van der Waals surface area contributed by atoms with Gasteiger partial charge >= 0.3 is 5.97 Å². The van der Waals surface area contributed by atoms with Gasteiger partial charge in [-0.25, -0.2) is 0 Å². The summed E-state index contributed by atoms with van der Waals surface area (Å²) in [6, 6.07) is 9.19. The lowest BCUT2D eigenvalue weighted by Gasteiger charge is -2.36. The summed E-state index contributed by atoms with van der Waals surface area (Å²) in [5, 5.41) is 3.57. The molecule has 2 fully saturated rings. The van der Waals surface area contributed by atoms with E-state index in [9.17, 15) is 4.79 Å². The van der Waals surface area contributed by atoms with Gasteiger partial charge in [0.2, 0.25) is 0 Å². The molecule has 2 bridgehead atoms. The Balaban J connectivity index is 0.00000144. The fourth-order valence-corrected chi connectivity index (χ4v) is 3.86. The Kier molecular flexibility index (Phi) is 7.51. The molecule has 2 aliphatic heterocycles. The highest BCUT2D eigenvalue weighted by atomic mass is 16.5. The number of hydrogen-bond acceptors (Lipinski definition) is 3. The van der Waals surface area contributed by atoms with E-state index < -0.39 is 0 Å². The number of esters is 1. The van der Waals surface area contributed by atoms with Crippen LogP contribution in [0.2, 0.25) is 0 Å². The summed E-state index contributed by atoms with van der Waals surface area (Å²) in [4.78, 5) is 12.3. The van der Waals surface area contributed by atoms with Crippen molar-refractivity contribution in [1.29, 1.82) is 0 Å². The van der Waals surface area contributed by atoms with Crippen molar-refractivity contribution in [2.45, 2.75) is 65.5 Å². The minimum Gasteiger partial charge on any atom is -0.469 e.